The lowest BCUT2D eigenvalue weighted by atomic mass is 9.83. The topological polar surface area (TPSA) is 37.3 Å². The minimum absolute atomic E-state index is 0.126. The molecule has 1 aromatic carbocycles. The number of pyridine rings is 1. The summed E-state index contributed by atoms with van der Waals surface area (Å²) in [5.41, 5.74) is 5.09. The van der Waals surface area contributed by atoms with E-state index in [2.05, 4.69) is 48.3 Å². The van der Waals surface area contributed by atoms with Crippen molar-refractivity contribution in [3.05, 3.63) is 63.6 Å². The summed E-state index contributed by atoms with van der Waals surface area (Å²) in [7, 11) is 0. The zero-order valence-corrected chi connectivity index (χ0v) is 16.9. The van der Waals surface area contributed by atoms with Gasteiger partial charge in [-0.15, -0.1) is 0 Å². The van der Waals surface area contributed by atoms with Crippen molar-refractivity contribution in [1.82, 2.24) is 9.47 Å². The quantitative estimate of drug-likeness (QED) is 0.821. The van der Waals surface area contributed by atoms with Crippen molar-refractivity contribution in [3.8, 4) is 0 Å². The average Bonchev–Trinajstić information content (AvgIpc) is 2.68. The largest absolute Gasteiger partial charge is 0.348 e. The number of anilines is 1. The fourth-order valence-electron chi connectivity index (χ4n) is 4.65. The number of para-hydroxylation sites is 1. The molecular formula is C22H27N3OS. The Hall–Kier alpha value is -2.14. The minimum atomic E-state index is 0.126. The Morgan fingerprint density at radius 2 is 1.78 bits per heavy atom. The van der Waals surface area contributed by atoms with E-state index >= 15 is 0 Å². The van der Waals surface area contributed by atoms with Crippen LogP contribution in [0.15, 0.2) is 41.2 Å². The van der Waals surface area contributed by atoms with Crippen molar-refractivity contribution in [2.75, 3.05) is 18.4 Å². The minimum Gasteiger partial charge on any atom is -0.348 e. The van der Waals surface area contributed by atoms with Crippen molar-refractivity contribution in [2.45, 2.75) is 45.6 Å². The SMILES string of the molecule is CCc1cccc(CC)c1NC(=S)N1C[C@H]2C[C@@H](C1)c1cccc(=O)n1C2. The molecule has 4 nitrogen and oxygen atoms in total. The van der Waals surface area contributed by atoms with Gasteiger partial charge in [-0.3, -0.25) is 4.79 Å². The van der Waals surface area contributed by atoms with Gasteiger partial charge < -0.3 is 14.8 Å². The Morgan fingerprint density at radius 1 is 1.07 bits per heavy atom. The zero-order valence-electron chi connectivity index (χ0n) is 16.1. The van der Waals surface area contributed by atoms with Crippen molar-refractivity contribution in [3.63, 3.8) is 0 Å². The highest BCUT2D eigenvalue weighted by Crippen LogP contribution is 2.35. The van der Waals surface area contributed by atoms with Gasteiger partial charge in [-0.2, -0.15) is 0 Å². The number of hydrogen-bond acceptors (Lipinski definition) is 2. The molecule has 0 spiro atoms. The molecule has 1 N–H and O–H groups in total. The van der Waals surface area contributed by atoms with Crippen molar-refractivity contribution >= 4 is 23.0 Å². The predicted octanol–water partition coefficient (Wildman–Crippen LogP) is 3.79. The van der Waals surface area contributed by atoms with E-state index in [1.54, 1.807) is 6.07 Å². The van der Waals surface area contributed by atoms with Gasteiger partial charge in [-0.25, -0.2) is 0 Å². The van der Waals surface area contributed by atoms with E-state index in [0.29, 0.717) is 11.8 Å². The number of benzene rings is 1. The smallest absolute Gasteiger partial charge is 0.250 e. The van der Waals surface area contributed by atoms with Crippen LogP contribution in [0.1, 0.15) is 43.0 Å². The molecule has 1 aromatic heterocycles. The molecule has 0 aliphatic carbocycles. The molecule has 2 aromatic rings. The van der Waals surface area contributed by atoms with Crippen molar-refractivity contribution in [2.24, 2.45) is 5.92 Å². The molecule has 5 heteroatoms. The first kappa shape index (κ1) is 18.2. The molecule has 27 heavy (non-hydrogen) atoms. The second kappa shape index (κ2) is 7.47. The predicted molar refractivity (Wildman–Crippen MR) is 115 cm³/mol. The number of piperidine rings is 1. The number of likely N-dealkylation sites (tertiary alicyclic amines) is 1. The van der Waals surface area contributed by atoms with E-state index in [1.807, 2.05) is 10.6 Å². The maximum Gasteiger partial charge on any atom is 0.250 e. The van der Waals surface area contributed by atoms with E-state index in [0.717, 1.165) is 49.7 Å². The molecule has 1 fully saturated rings. The summed E-state index contributed by atoms with van der Waals surface area (Å²) in [5.74, 6) is 0.848. The number of aryl methyl sites for hydroxylation is 2. The Bertz CT molecular complexity index is 898. The molecule has 142 valence electrons. The molecular weight excluding hydrogens is 354 g/mol. The molecule has 2 atom stereocenters. The maximum atomic E-state index is 12.2. The van der Waals surface area contributed by atoms with Crippen LogP contribution in [-0.4, -0.2) is 27.7 Å². The van der Waals surface area contributed by atoms with E-state index in [-0.39, 0.29) is 5.56 Å². The highest BCUT2D eigenvalue weighted by Gasteiger charge is 2.35. The van der Waals surface area contributed by atoms with Crippen LogP contribution in [-0.2, 0) is 19.4 Å². The van der Waals surface area contributed by atoms with Gasteiger partial charge in [0.15, 0.2) is 5.11 Å². The summed E-state index contributed by atoms with van der Waals surface area (Å²) in [4.78, 5) is 14.5. The summed E-state index contributed by atoms with van der Waals surface area (Å²) < 4.78 is 1.97. The number of hydrogen-bond donors (Lipinski definition) is 1. The second-order valence-electron chi connectivity index (χ2n) is 7.69. The van der Waals surface area contributed by atoms with Crippen LogP contribution >= 0.6 is 12.2 Å². The van der Waals surface area contributed by atoms with E-state index in [1.165, 1.54) is 16.8 Å². The monoisotopic (exact) mass is 381 g/mol. The number of aromatic nitrogens is 1. The van der Waals surface area contributed by atoms with Gasteiger partial charge in [-0.1, -0.05) is 38.1 Å². The first-order chi connectivity index (χ1) is 13.1. The fourth-order valence-corrected chi connectivity index (χ4v) is 4.90. The summed E-state index contributed by atoms with van der Waals surface area (Å²) in [6.07, 6.45) is 3.12. The number of nitrogens with zero attached hydrogens (tertiary/aromatic N) is 2. The molecule has 4 rings (SSSR count). The van der Waals surface area contributed by atoms with Crippen LogP contribution in [0, 0.1) is 5.92 Å². The van der Waals surface area contributed by atoms with E-state index in [4.69, 9.17) is 12.2 Å². The number of nitrogens with one attached hydrogen (secondary N) is 1. The molecule has 0 unspecified atom stereocenters. The van der Waals surface area contributed by atoms with Crippen LogP contribution in [0.5, 0.6) is 0 Å². The molecule has 3 heterocycles. The molecule has 0 saturated carbocycles. The average molecular weight is 382 g/mol. The maximum absolute atomic E-state index is 12.2. The van der Waals surface area contributed by atoms with Crippen molar-refractivity contribution < 1.29 is 0 Å². The highest BCUT2D eigenvalue weighted by molar-refractivity contribution is 7.80. The Balaban J connectivity index is 1.56. The fraction of sp³-hybridized carbons (Fsp3) is 0.455. The number of fused-ring (bicyclic) bond motifs is 4. The zero-order chi connectivity index (χ0) is 19.0. The Morgan fingerprint density at radius 3 is 2.48 bits per heavy atom. The summed E-state index contributed by atoms with van der Waals surface area (Å²) in [6.45, 7) is 6.96. The molecule has 1 saturated heterocycles. The summed E-state index contributed by atoms with van der Waals surface area (Å²) in [5, 5.41) is 4.38. The van der Waals surface area contributed by atoms with Gasteiger partial charge >= 0.3 is 0 Å². The standard InChI is InChI=1S/C22H27N3OS/c1-3-16-7-5-8-17(4-2)21(16)23-22(27)24-12-15-11-18(14-24)19-9-6-10-20(26)25(19)13-15/h5-10,15,18H,3-4,11-14H2,1-2H3,(H,23,27)/t15-,18+/m1/s1. The highest BCUT2D eigenvalue weighted by atomic mass is 32.1. The number of rotatable bonds is 3. The lowest BCUT2D eigenvalue weighted by molar-refractivity contribution is 0.180. The third kappa shape index (κ3) is 3.41. The Kier molecular flexibility index (Phi) is 5.04. The van der Waals surface area contributed by atoms with E-state index in [9.17, 15) is 4.79 Å². The molecule has 2 aliphatic heterocycles. The lowest BCUT2D eigenvalue weighted by Gasteiger charge is -2.43. The summed E-state index contributed by atoms with van der Waals surface area (Å²) >= 11 is 5.82. The first-order valence-corrected chi connectivity index (χ1v) is 10.4. The first-order valence-electron chi connectivity index (χ1n) is 9.97. The van der Waals surface area contributed by atoms with E-state index < -0.39 is 0 Å². The van der Waals surface area contributed by atoms with Gasteiger partial charge in [-0.05, 0) is 54.6 Å². The molecule has 2 bridgehead atoms. The van der Waals surface area contributed by atoms with Crippen molar-refractivity contribution in [1.29, 1.82) is 0 Å². The molecule has 0 amide bonds. The normalized spacial score (nSPS) is 20.9. The number of thiocarbonyl (C=S) groups is 1. The molecule has 0 radical (unpaired) electrons. The Labute approximate surface area is 166 Å². The molecule has 2 aliphatic rings. The van der Waals surface area contributed by atoms with Crippen LogP contribution < -0.4 is 10.9 Å². The van der Waals surface area contributed by atoms with Gasteiger partial charge in [0, 0.05) is 43.0 Å². The second-order valence-corrected chi connectivity index (χ2v) is 8.08. The van der Waals surface area contributed by atoms with Gasteiger partial charge in [0.05, 0.1) is 0 Å². The third-order valence-electron chi connectivity index (χ3n) is 6.00. The van der Waals surface area contributed by atoms with Gasteiger partial charge in [0.1, 0.15) is 0 Å². The lowest BCUT2D eigenvalue weighted by Crippen LogP contribution is -2.50. The van der Waals surface area contributed by atoms with Gasteiger partial charge in [0.2, 0.25) is 0 Å². The van der Waals surface area contributed by atoms with Crippen LogP contribution in [0.3, 0.4) is 0 Å². The summed E-state index contributed by atoms with van der Waals surface area (Å²) in [6, 6.07) is 12.1. The van der Waals surface area contributed by atoms with Crippen LogP contribution in [0.4, 0.5) is 5.69 Å². The van der Waals surface area contributed by atoms with Crippen LogP contribution in [0.25, 0.3) is 0 Å². The van der Waals surface area contributed by atoms with Gasteiger partial charge in [0.25, 0.3) is 5.56 Å². The van der Waals surface area contributed by atoms with Crippen LogP contribution in [0.2, 0.25) is 0 Å². The third-order valence-corrected chi connectivity index (χ3v) is 6.36.